The first-order chi connectivity index (χ1) is 10.9. The van der Waals surface area contributed by atoms with E-state index in [2.05, 4.69) is 5.32 Å². The van der Waals surface area contributed by atoms with Gasteiger partial charge in [0.2, 0.25) is 0 Å². The third kappa shape index (κ3) is 3.20. The number of para-hydroxylation sites is 1. The molecule has 0 spiro atoms. The number of carbonyl (C=O) groups is 1. The maximum Gasteiger partial charge on any atom is 0.266 e. The minimum Gasteiger partial charge on any atom is -0.320 e. The number of halogens is 1. The predicted octanol–water partition coefficient (Wildman–Crippen LogP) is 4.02. The molecule has 7 heteroatoms. The molecule has 23 heavy (non-hydrogen) atoms. The fourth-order valence-electron chi connectivity index (χ4n) is 2.50. The molecule has 0 bridgehead atoms. The number of hydrogen-bond acceptors (Lipinski definition) is 4. The number of anilines is 1. The number of benzene rings is 1. The van der Waals surface area contributed by atoms with Crippen molar-refractivity contribution in [3.63, 3.8) is 0 Å². The van der Waals surface area contributed by atoms with Crippen LogP contribution in [0.2, 0.25) is 5.02 Å². The van der Waals surface area contributed by atoms with Crippen LogP contribution in [-0.4, -0.2) is 20.6 Å². The Morgan fingerprint density at radius 2 is 2.04 bits per heavy atom. The van der Waals surface area contributed by atoms with E-state index < -0.39 is 9.84 Å². The van der Waals surface area contributed by atoms with Gasteiger partial charge in [-0.25, -0.2) is 8.42 Å². The van der Waals surface area contributed by atoms with Gasteiger partial charge >= 0.3 is 0 Å². The Balaban J connectivity index is 2.04. The molecule has 0 radical (unpaired) electrons. The molecule has 0 fully saturated rings. The summed E-state index contributed by atoms with van der Waals surface area (Å²) < 4.78 is 24.2. The van der Waals surface area contributed by atoms with Crippen LogP contribution in [0.15, 0.2) is 34.6 Å². The van der Waals surface area contributed by atoms with E-state index in [4.69, 9.17) is 11.6 Å². The molecule has 0 aliphatic heterocycles. The van der Waals surface area contributed by atoms with E-state index in [0.717, 1.165) is 29.6 Å². The van der Waals surface area contributed by atoms with Crippen LogP contribution in [0.5, 0.6) is 0 Å². The molecule has 1 aliphatic rings. The Hall–Kier alpha value is -1.63. The molecular weight excluding hydrogens is 354 g/mol. The molecule has 0 saturated heterocycles. The van der Waals surface area contributed by atoms with E-state index in [-0.39, 0.29) is 10.1 Å². The van der Waals surface area contributed by atoms with Crippen LogP contribution in [0.4, 0.5) is 5.69 Å². The second kappa shape index (κ2) is 6.11. The Labute approximate surface area is 143 Å². The summed E-state index contributed by atoms with van der Waals surface area (Å²) in [7, 11) is -3.38. The third-order valence-corrected chi connectivity index (χ3v) is 6.95. The highest BCUT2D eigenvalue weighted by molar-refractivity contribution is 7.92. The van der Waals surface area contributed by atoms with Crippen molar-refractivity contribution in [1.82, 2.24) is 0 Å². The molecule has 1 heterocycles. The Morgan fingerprint density at radius 1 is 1.30 bits per heavy atom. The van der Waals surface area contributed by atoms with Crippen LogP contribution in [0, 0.1) is 0 Å². The van der Waals surface area contributed by atoms with Gasteiger partial charge in [0.25, 0.3) is 5.91 Å². The van der Waals surface area contributed by atoms with Gasteiger partial charge < -0.3 is 5.32 Å². The zero-order chi connectivity index (χ0) is 16.6. The fourth-order valence-corrected chi connectivity index (χ4v) is 5.10. The average Bonchev–Trinajstić information content (AvgIpc) is 2.89. The lowest BCUT2D eigenvalue weighted by Crippen LogP contribution is -2.13. The van der Waals surface area contributed by atoms with Crippen LogP contribution in [0.1, 0.15) is 27.2 Å². The highest BCUT2D eigenvalue weighted by Crippen LogP contribution is 2.37. The minimum absolute atomic E-state index is 0.243. The maximum atomic E-state index is 12.6. The third-order valence-electron chi connectivity index (χ3n) is 3.52. The summed E-state index contributed by atoms with van der Waals surface area (Å²) in [5.41, 5.74) is 1.95. The van der Waals surface area contributed by atoms with Crippen molar-refractivity contribution in [3.05, 3.63) is 51.4 Å². The molecule has 1 aromatic heterocycles. The minimum atomic E-state index is -3.38. The van der Waals surface area contributed by atoms with Gasteiger partial charge in [0.15, 0.2) is 9.84 Å². The molecule has 120 valence electrons. The van der Waals surface area contributed by atoms with Gasteiger partial charge in [0.05, 0.1) is 15.6 Å². The lowest BCUT2D eigenvalue weighted by molar-refractivity contribution is 0.102. The van der Waals surface area contributed by atoms with Crippen molar-refractivity contribution in [3.8, 4) is 0 Å². The average molecular weight is 368 g/mol. The van der Waals surface area contributed by atoms with Crippen LogP contribution in [-0.2, 0) is 16.3 Å². The van der Waals surface area contributed by atoms with Gasteiger partial charge in [0.1, 0.15) is 4.21 Å². The summed E-state index contributed by atoms with van der Waals surface area (Å²) in [6.07, 6.45) is 6.33. The Morgan fingerprint density at radius 3 is 2.74 bits per heavy atom. The Bertz CT molecular complexity index is 913. The lowest BCUT2D eigenvalue weighted by atomic mass is 9.99. The van der Waals surface area contributed by atoms with Gasteiger partial charge in [-0.2, -0.15) is 0 Å². The van der Waals surface area contributed by atoms with E-state index in [9.17, 15) is 13.2 Å². The van der Waals surface area contributed by atoms with E-state index >= 15 is 0 Å². The molecule has 1 amide bonds. The first kappa shape index (κ1) is 16.2. The molecule has 4 nitrogen and oxygen atoms in total. The number of nitrogens with one attached hydrogen (secondary N) is 1. The van der Waals surface area contributed by atoms with E-state index in [1.54, 1.807) is 30.3 Å². The molecule has 3 rings (SSSR count). The first-order valence-corrected chi connectivity index (χ1v) is 10.0. The summed E-state index contributed by atoms with van der Waals surface area (Å²) in [5, 5.41) is 3.20. The van der Waals surface area contributed by atoms with Gasteiger partial charge in [-0.3, -0.25) is 4.79 Å². The van der Waals surface area contributed by atoms with Crippen molar-refractivity contribution >= 4 is 50.4 Å². The van der Waals surface area contributed by atoms with Crippen LogP contribution >= 0.6 is 22.9 Å². The standard InChI is InChI=1S/C16H14ClNO3S2/c1-23(20,21)16-11-7-3-2-6-10(11)14(22-16)15(19)18-13-9-5-4-8-12(13)17/h3-5,7-9H,2,6H2,1H3,(H,18,19). The van der Waals surface area contributed by atoms with Crippen LogP contribution in [0.3, 0.4) is 0 Å². The number of allylic oxidation sites excluding steroid dienone is 1. The van der Waals surface area contributed by atoms with E-state index in [0.29, 0.717) is 27.6 Å². The Kier molecular flexibility index (Phi) is 4.31. The molecular formula is C16H14ClNO3S2. The predicted molar refractivity (Wildman–Crippen MR) is 94.2 cm³/mol. The van der Waals surface area contributed by atoms with Crippen molar-refractivity contribution in [2.45, 2.75) is 17.1 Å². The topological polar surface area (TPSA) is 63.2 Å². The zero-order valence-electron chi connectivity index (χ0n) is 12.3. The summed E-state index contributed by atoms with van der Waals surface area (Å²) in [4.78, 5) is 13.0. The zero-order valence-corrected chi connectivity index (χ0v) is 14.7. The summed E-state index contributed by atoms with van der Waals surface area (Å²) in [6.45, 7) is 0. The number of amides is 1. The second-order valence-corrected chi connectivity index (χ2v) is 8.90. The summed E-state index contributed by atoms with van der Waals surface area (Å²) in [5.74, 6) is -0.329. The molecule has 1 aromatic carbocycles. The smallest absolute Gasteiger partial charge is 0.266 e. The van der Waals surface area contributed by atoms with Gasteiger partial charge in [-0.15, -0.1) is 11.3 Å². The number of thiophene rings is 1. The van der Waals surface area contributed by atoms with Crippen LogP contribution < -0.4 is 5.32 Å². The SMILES string of the molecule is CS(=O)(=O)c1sc(C(=O)Nc2ccccc2Cl)c2c1C=CCC2. The highest BCUT2D eigenvalue weighted by Gasteiger charge is 2.27. The van der Waals surface area contributed by atoms with Crippen molar-refractivity contribution in [2.24, 2.45) is 0 Å². The van der Waals surface area contributed by atoms with Crippen molar-refractivity contribution < 1.29 is 13.2 Å². The molecule has 1 aliphatic carbocycles. The fraction of sp³-hybridized carbons (Fsp3) is 0.188. The molecule has 0 unspecified atom stereocenters. The van der Waals surface area contributed by atoms with Gasteiger partial charge in [-0.1, -0.05) is 35.9 Å². The number of carbonyl (C=O) groups excluding carboxylic acids is 1. The number of fused-ring (bicyclic) bond motifs is 1. The van der Waals surface area contributed by atoms with Crippen molar-refractivity contribution in [1.29, 1.82) is 0 Å². The molecule has 2 aromatic rings. The van der Waals surface area contributed by atoms with Crippen molar-refractivity contribution in [2.75, 3.05) is 11.6 Å². The number of rotatable bonds is 3. The van der Waals surface area contributed by atoms with E-state index in [1.165, 1.54) is 0 Å². The summed E-state index contributed by atoms with van der Waals surface area (Å²) >= 11 is 7.08. The largest absolute Gasteiger partial charge is 0.320 e. The highest BCUT2D eigenvalue weighted by atomic mass is 35.5. The van der Waals surface area contributed by atoms with Gasteiger partial charge in [-0.05, 0) is 30.5 Å². The molecule has 0 atom stereocenters. The maximum absolute atomic E-state index is 12.6. The van der Waals surface area contributed by atoms with Crippen LogP contribution in [0.25, 0.3) is 6.08 Å². The first-order valence-electron chi connectivity index (χ1n) is 6.96. The van der Waals surface area contributed by atoms with E-state index in [1.807, 2.05) is 6.08 Å². The second-order valence-electron chi connectivity index (χ2n) is 5.26. The molecule has 1 N–H and O–H groups in total. The quantitative estimate of drug-likeness (QED) is 0.891. The lowest BCUT2D eigenvalue weighted by Gasteiger charge is -2.10. The number of hydrogen-bond donors (Lipinski definition) is 1. The number of sulfone groups is 1. The normalized spacial score (nSPS) is 13.7. The monoisotopic (exact) mass is 367 g/mol. The summed E-state index contributed by atoms with van der Waals surface area (Å²) in [6, 6.07) is 6.94. The van der Waals surface area contributed by atoms with Gasteiger partial charge in [0, 0.05) is 11.8 Å². The molecule has 0 saturated carbocycles.